The minimum atomic E-state index is -1.45. The molecule has 0 atom stereocenters. The Hall–Kier alpha value is -0.255. The zero-order chi connectivity index (χ0) is 8.43. The van der Waals surface area contributed by atoms with E-state index in [0.29, 0.717) is 16.2 Å². The van der Waals surface area contributed by atoms with Crippen molar-refractivity contribution in [2.24, 2.45) is 0 Å². The maximum absolute atomic E-state index is 8.72. The van der Waals surface area contributed by atoms with Gasteiger partial charge in [0.1, 0.15) is 10.7 Å². The average molecular weight is 208 g/mol. The summed E-state index contributed by atoms with van der Waals surface area (Å²) in [5.74, 6) is 0. The lowest BCUT2D eigenvalue weighted by molar-refractivity contribution is -0.254. The molecular formula is C6H8BCl2NO2. The van der Waals surface area contributed by atoms with Crippen LogP contribution in [0.15, 0.2) is 18.2 Å². The first-order valence-corrected chi connectivity index (χ1v) is 3.46. The Bertz CT molecular complexity index is 270. The largest absolute Gasteiger partial charge is 1.00 e. The summed E-state index contributed by atoms with van der Waals surface area (Å²) in [6.45, 7) is 0. The summed E-state index contributed by atoms with van der Waals surface area (Å²) in [7, 11) is -1.45. The highest BCUT2D eigenvalue weighted by atomic mass is 35.5. The van der Waals surface area contributed by atoms with E-state index in [1.165, 1.54) is 6.07 Å². The molecule has 0 fully saturated rings. The molecule has 0 amide bonds. The topological polar surface area (TPSA) is 68.1 Å². The first kappa shape index (κ1) is 11.7. The number of hydrogen-bond donors (Lipinski definition) is 3. The van der Waals surface area contributed by atoms with E-state index in [9.17, 15) is 0 Å². The van der Waals surface area contributed by atoms with Gasteiger partial charge < -0.3 is 28.2 Å². The Kier molecular flexibility index (Phi) is 4.59. The molecule has 6 heteroatoms. The first-order valence-electron chi connectivity index (χ1n) is 3.09. The fourth-order valence-electron chi connectivity index (χ4n) is 0.755. The first-order chi connectivity index (χ1) is 5.11. The van der Waals surface area contributed by atoms with Crippen LogP contribution in [0.25, 0.3) is 0 Å². The van der Waals surface area contributed by atoms with Crippen molar-refractivity contribution < 1.29 is 28.2 Å². The van der Waals surface area contributed by atoms with Gasteiger partial charge in [-0.2, -0.15) is 0 Å². The van der Waals surface area contributed by atoms with Gasteiger partial charge in [-0.3, -0.25) is 0 Å². The van der Waals surface area contributed by atoms with Crippen molar-refractivity contribution in [3.05, 3.63) is 23.2 Å². The minimum Gasteiger partial charge on any atom is -1.00 e. The van der Waals surface area contributed by atoms with E-state index in [1.54, 1.807) is 12.1 Å². The van der Waals surface area contributed by atoms with Crippen LogP contribution in [0.3, 0.4) is 0 Å². The summed E-state index contributed by atoms with van der Waals surface area (Å²) in [6.07, 6.45) is 0. The molecule has 0 saturated heterocycles. The van der Waals surface area contributed by atoms with Crippen molar-refractivity contribution in [1.29, 1.82) is 0 Å². The van der Waals surface area contributed by atoms with E-state index >= 15 is 0 Å². The van der Waals surface area contributed by atoms with Crippen molar-refractivity contribution in [2.45, 2.75) is 0 Å². The third-order valence-electron chi connectivity index (χ3n) is 1.37. The molecule has 5 N–H and O–H groups in total. The summed E-state index contributed by atoms with van der Waals surface area (Å²) in [5.41, 5.74) is 4.61. The third kappa shape index (κ3) is 2.66. The van der Waals surface area contributed by atoms with E-state index < -0.39 is 7.12 Å². The predicted octanol–water partition coefficient (Wildman–Crippen LogP) is -4.10. The highest BCUT2D eigenvalue weighted by Gasteiger charge is 2.12. The molecule has 0 aromatic heterocycles. The molecule has 1 aromatic carbocycles. The van der Waals surface area contributed by atoms with Crippen LogP contribution >= 0.6 is 11.6 Å². The van der Waals surface area contributed by atoms with Crippen molar-refractivity contribution in [3.8, 4) is 0 Å². The molecule has 1 aromatic rings. The molecule has 0 aliphatic carbocycles. The molecule has 0 aliphatic rings. The minimum absolute atomic E-state index is 0. The lowest BCUT2D eigenvalue weighted by Gasteiger charge is -1.98. The molecule has 1 rings (SSSR count). The summed E-state index contributed by atoms with van der Waals surface area (Å²) in [5, 5.41) is 18.0. The smallest absolute Gasteiger partial charge is 0.488 e. The van der Waals surface area contributed by atoms with Crippen LogP contribution in [0, 0.1) is 0 Å². The monoisotopic (exact) mass is 207 g/mol. The fraction of sp³-hybridized carbons (Fsp3) is 0. The Labute approximate surface area is 81.7 Å². The van der Waals surface area contributed by atoms with E-state index in [-0.39, 0.29) is 12.4 Å². The number of rotatable bonds is 1. The van der Waals surface area contributed by atoms with Gasteiger partial charge in [-0.25, -0.2) is 0 Å². The van der Waals surface area contributed by atoms with Crippen molar-refractivity contribution in [1.82, 2.24) is 0 Å². The summed E-state index contributed by atoms with van der Waals surface area (Å²) >= 11 is 5.66. The third-order valence-corrected chi connectivity index (χ3v) is 1.74. The highest BCUT2D eigenvalue weighted by Crippen LogP contribution is 2.13. The number of benzene rings is 1. The van der Waals surface area contributed by atoms with Gasteiger partial charge >= 0.3 is 7.12 Å². The van der Waals surface area contributed by atoms with Gasteiger partial charge in [0.15, 0.2) is 0 Å². The molecule has 0 bridgehead atoms. The standard InChI is InChI=1S/C6H7BClNO2.ClH/c8-5-2-1-4(7(10)11)3-6(5)9;/h1-3,10-11H,9H2;1H. The van der Waals surface area contributed by atoms with Crippen LogP contribution < -0.4 is 23.6 Å². The van der Waals surface area contributed by atoms with Crippen molar-refractivity contribution in [3.63, 3.8) is 0 Å². The molecule has 0 aliphatic heterocycles. The Morgan fingerprint density at radius 3 is 2.33 bits per heavy atom. The van der Waals surface area contributed by atoms with Gasteiger partial charge in [0.2, 0.25) is 0 Å². The van der Waals surface area contributed by atoms with Gasteiger partial charge in [-0.05, 0) is 11.5 Å². The SMILES string of the molecule is [Cl-].[NH3+]c1cc(B(O)O)ccc1Cl. The normalized spacial score (nSPS) is 9.00. The van der Waals surface area contributed by atoms with E-state index in [4.69, 9.17) is 21.6 Å². The molecule has 0 spiro atoms. The Balaban J connectivity index is 0.00000121. The molecule has 0 heterocycles. The van der Waals surface area contributed by atoms with Gasteiger partial charge in [0, 0.05) is 6.07 Å². The second-order valence-corrected chi connectivity index (χ2v) is 2.63. The quantitative estimate of drug-likeness (QED) is 0.410. The Morgan fingerprint density at radius 2 is 1.92 bits per heavy atom. The zero-order valence-corrected chi connectivity index (χ0v) is 7.68. The molecule has 0 radical (unpaired) electrons. The van der Waals surface area contributed by atoms with Gasteiger partial charge in [-0.1, -0.05) is 17.7 Å². The number of halogens is 2. The predicted molar refractivity (Wildman–Crippen MR) is 43.8 cm³/mol. The highest BCUT2D eigenvalue weighted by molar-refractivity contribution is 6.58. The lowest BCUT2D eigenvalue weighted by Crippen LogP contribution is -3.00. The van der Waals surface area contributed by atoms with E-state index in [2.05, 4.69) is 5.73 Å². The number of hydrogen-bond acceptors (Lipinski definition) is 2. The summed E-state index contributed by atoms with van der Waals surface area (Å²) in [6, 6.07) is 4.66. The van der Waals surface area contributed by atoms with Crippen LogP contribution in [0.1, 0.15) is 0 Å². The maximum atomic E-state index is 8.72. The molecule has 12 heavy (non-hydrogen) atoms. The zero-order valence-electron chi connectivity index (χ0n) is 6.17. The van der Waals surface area contributed by atoms with Gasteiger partial charge in [0.05, 0.1) is 0 Å². The fourth-order valence-corrected chi connectivity index (χ4v) is 0.873. The van der Waals surface area contributed by atoms with Crippen LogP contribution in [0.2, 0.25) is 5.02 Å². The molecule has 0 unspecified atom stereocenters. The van der Waals surface area contributed by atoms with Crippen LogP contribution in [-0.2, 0) is 0 Å². The molecule has 3 nitrogen and oxygen atoms in total. The molecule has 66 valence electrons. The summed E-state index contributed by atoms with van der Waals surface area (Å²) < 4.78 is 0. The van der Waals surface area contributed by atoms with Crippen molar-refractivity contribution >= 4 is 29.9 Å². The van der Waals surface area contributed by atoms with Crippen molar-refractivity contribution in [2.75, 3.05) is 0 Å². The van der Waals surface area contributed by atoms with E-state index in [1.807, 2.05) is 0 Å². The molecule has 0 saturated carbocycles. The van der Waals surface area contributed by atoms with Gasteiger partial charge in [0.25, 0.3) is 0 Å². The van der Waals surface area contributed by atoms with E-state index in [0.717, 1.165) is 0 Å². The summed E-state index contributed by atoms with van der Waals surface area (Å²) in [4.78, 5) is 0. The number of quaternary nitrogens is 1. The lowest BCUT2D eigenvalue weighted by atomic mass is 9.80. The molecular weight excluding hydrogens is 200 g/mol. The Morgan fingerprint density at radius 1 is 1.33 bits per heavy atom. The van der Waals surface area contributed by atoms with Crippen LogP contribution in [-0.4, -0.2) is 17.2 Å². The second kappa shape index (κ2) is 4.69. The maximum Gasteiger partial charge on any atom is 0.488 e. The van der Waals surface area contributed by atoms with Crippen LogP contribution in [0.5, 0.6) is 0 Å². The van der Waals surface area contributed by atoms with Gasteiger partial charge in [-0.15, -0.1) is 0 Å². The second-order valence-electron chi connectivity index (χ2n) is 2.22. The average Bonchev–Trinajstić information content (AvgIpc) is 1.94. The van der Waals surface area contributed by atoms with Crippen LogP contribution in [0.4, 0.5) is 5.69 Å².